The summed E-state index contributed by atoms with van der Waals surface area (Å²) in [6, 6.07) is 9.48. The third kappa shape index (κ3) is 3.49. The number of benzene rings is 2. The van der Waals surface area contributed by atoms with Gasteiger partial charge in [-0.15, -0.1) is 0 Å². The largest absolute Gasteiger partial charge is 0.485 e. The fraction of sp³-hybridized carbons (Fsp3) is 0.381. The Morgan fingerprint density at radius 1 is 1.19 bits per heavy atom. The first-order valence-corrected chi connectivity index (χ1v) is 9.15. The van der Waals surface area contributed by atoms with Crippen molar-refractivity contribution in [3.8, 4) is 5.75 Å². The van der Waals surface area contributed by atoms with Gasteiger partial charge in [0, 0.05) is 18.5 Å². The lowest BCUT2D eigenvalue weighted by Gasteiger charge is -2.40. The van der Waals surface area contributed by atoms with Crippen molar-refractivity contribution in [3.05, 3.63) is 58.9 Å². The van der Waals surface area contributed by atoms with Gasteiger partial charge in [-0.1, -0.05) is 12.1 Å². The van der Waals surface area contributed by atoms with E-state index < -0.39 is 11.7 Å². The van der Waals surface area contributed by atoms with Crippen LogP contribution in [0.25, 0.3) is 0 Å². The molecule has 142 valence electrons. The second-order valence-corrected chi connectivity index (χ2v) is 7.82. The van der Waals surface area contributed by atoms with Gasteiger partial charge < -0.3 is 20.5 Å². The number of fused-ring (bicyclic) bond motifs is 2. The van der Waals surface area contributed by atoms with Crippen molar-refractivity contribution in [2.75, 3.05) is 5.32 Å². The highest BCUT2D eigenvalue weighted by Gasteiger charge is 2.38. The molecule has 1 heterocycles. The van der Waals surface area contributed by atoms with E-state index in [-0.39, 0.29) is 17.9 Å². The lowest BCUT2D eigenvalue weighted by Crippen LogP contribution is -2.56. The Balaban J connectivity index is 1.49. The summed E-state index contributed by atoms with van der Waals surface area (Å²) >= 11 is 0. The van der Waals surface area contributed by atoms with Crippen LogP contribution in [0.5, 0.6) is 5.75 Å². The first-order chi connectivity index (χ1) is 12.8. The van der Waals surface area contributed by atoms with Crippen molar-refractivity contribution in [2.45, 2.75) is 50.9 Å². The molecule has 1 aliphatic carbocycles. The van der Waals surface area contributed by atoms with Crippen LogP contribution in [0.15, 0.2) is 36.4 Å². The zero-order valence-corrected chi connectivity index (χ0v) is 15.4. The lowest BCUT2D eigenvalue weighted by molar-refractivity contribution is 0.0529. The molecule has 2 aromatic rings. The Morgan fingerprint density at radius 2 is 2.00 bits per heavy atom. The van der Waals surface area contributed by atoms with E-state index in [1.165, 1.54) is 12.1 Å². The van der Waals surface area contributed by atoms with Crippen LogP contribution >= 0.6 is 0 Å². The van der Waals surface area contributed by atoms with Crippen molar-refractivity contribution >= 4 is 11.7 Å². The molecule has 0 spiro atoms. The Morgan fingerprint density at radius 3 is 2.81 bits per heavy atom. The summed E-state index contributed by atoms with van der Waals surface area (Å²) in [7, 11) is 0. The summed E-state index contributed by atoms with van der Waals surface area (Å²) < 4.78 is 19.5. The summed E-state index contributed by atoms with van der Waals surface area (Å²) in [4.78, 5) is 12.6. The number of hydrogen-bond donors (Lipinski definition) is 3. The van der Waals surface area contributed by atoms with Gasteiger partial charge in [-0.2, -0.15) is 0 Å². The highest BCUT2D eigenvalue weighted by Crippen LogP contribution is 2.34. The molecular formula is C21H23FN2O3. The zero-order chi connectivity index (χ0) is 19.2. The van der Waals surface area contributed by atoms with Crippen LogP contribution in [-0.2, 0) is 19.3 Å². The Bertz CT molecular complexity index is 897. The Labute approximate surface area is 157 Å². The van der Waals surface area contributed by atoms with Gasteiger partial charge in [0.25, 0.3) is 0 Å². The highest BCUT2D eigenvalue weighted by atomic mass is 19.1. The molecule has 27 heavy (non-hydrogen) atoms. The molecule has 6 heteroatoms. The van der Waals surface area contributed by atoms with Crippen LogP contribution < -0.4 is 15.4 Å². The molecule has 0 aromatic heterocycles. The SMILES string of the molecule is CC1(C)Oc2ccc(F)cc2CC1NC(=O)Nc1cccc2c1C[C@H](O)C2. The summed E-state index contributed by atoms with van der Waals surface area (Å²) in [6.45, 7) is 3.81. The molecule has 2 aliphatic rings. The molecule has 3 N–H and O–H groups in total. The normalized spacial score (nSPS) is 22.4. The maximum Gasteiger partial charge on any atom is 0.319 e. The number of urea groups is 1. The molecular weight excluding hydrogens is 347 g/mol. The predicted octanol–water partition coefficient (Wildman–Crippen LogP) is 3.19. The lowest BCUT2D eigenvalue weighted by atomic mass is 9.88. The van der Waals surface area contributed by atoms with Crippen LogP contribution in [0.2, 0.25) is 0 Å². The average Bonchev–Trinajstić information content (AvgIpc) is 2.97. The van der Waals surface area contributed by atoms with Gasteiger partial charge in [-0.3, -0.25) is 0 Å². The first kappa shape index (κ1) is 17.8. The van der Waals surface area contributed by atoms with Crippen molar-refractivity contribution in [1.29, 1.82) is 0 Å². The smallest absolute Gasteiger partial charge is 0.319 e. The van der Waals surface area contributed by atoms with E-state index in [2.05, 4.69) is 10.6 Å². The molecule has 0 fully saturated rings. The van der Waals surface area contributed by atoms with Gasteiger partial charge in [-0.25, -0.2) is 9.18 Å². The average molecular weight is 370 g/mol. The fourth-order valence-electron chi connectivity index (χ4n) is 3.91. The maximum atomic E-state index is 13.5. The molecule has 5 nitrogen and oxygen atoms in total. The Kier molecular flexibility index (Phi) is 4.30. The number of halogens is 1. The quantitative estimate of drug-likeness (QED) is 0.760. The second kappa shape index (κ2) is 6.53. The highest BCUT2D eigenvalue weighted by molar-refractivity contribution is 5.90. The molecule has 1 unspecified atom stereocenters. The summed E-state index contributed by atoms with van der Waals surface area (Å²) in [5.74, 6) is 0.327. The number of ether oxygens (including phenoxy) is 1. The number of aliphatic hydroxyl groups excluding tert-OH is 1. The molecule has 4 rings (SSSR count). The van der Waals surface area contributed by atoms with Gasteiger partial charge in [-0.05, 0) is 61.2 Å². The molecule has 1 aliphatic heterocycles. The Hall–Kier alpha value is -2.60. The van der Waals surface area contributed by atoms with Crippen molar-refractivity contribution in [1.82, 2.24) is 5.32 Å². The number of aliphatic hydroxyl groups is 1. The minimum absolute atomic E-state index is 0.311. The number of nitrogens with one attached hydrogen (secondary N) is 2. The summed E-state index contributed by atoms with van der Waals surface area (Å²) in [5, 5.41) is 15.7. The van der Waals surface area contributed by atoms with Crippen LogP contribution in [0.1, 0.15) is 30.5 Å². The van der Waals surface area contributed by atoms with Crippen LogP contribution in [0, 0.1) is 5.82 Å². The van der Waals surface area contributed by atoms with E-state index in [9.17, 15) is 14.3 Å². The van der Waals surface area contributed by atoms with Gasteiger partial charge in [0.05, 0.1) is 12.1 Å². The number of hydrogen-bond acceptors (Lipinski definition) is 3. The molecule has 0 saturated carbocycles. The molecule has 0 bridgehead atoms. The van der Waals surface area contributed by atoms with Gasteiger partial charge >= 0.3 is 6.03 Å². The second-order valence-electron chi connectivity index (χ2n) is 7.82. The van der Waals surface area contributed by atoms with Gasteiger partial charge in [0.1, 0.15) is 17.2 Å². The molecule has 0 saturated heterocycles. The van der Waals surface area contributed by atoms with Crippen LogP contribution in [0.4, 0.5) is 14.9 Å². The first-order valence-electron chi connectivity index (χ1n) is 9.15. The van der Waals surface area contributed by atoms with E-state index in [0.29, 0.717) is 30.7 Å². The van der Waals surface area contributed by atoms with Crippen molar-refractivity contribution < 1.29 is 19.0 Å². The van der Waals surface area contributed by atoms with E-state index in [1.54, 1.807) is 6.07 Å². The molecule has 0 radical (unpaired) electrons. The third-order valence-corrected chi connectivity index (χ3v) is 5.38. The maximum absolute atomic E-state index is 13.5. The van der Waals surface area contributed by atoms with E-state index in [4.69, 9.17) is 4.74 Å². The van der Waals surface area contributed by atoms with E-state index >= 15 is 0 Å². The topological polar surface area (TPSA) is 70.6 Å². The number of carbonyl (C=O) groups excluding carboxylic acids is 1. The predicted molar refractivity (Wildman–Crippen MR) is 101 cm³/mol. The minimum atomic E-state index is -0.628. The molecule has 2 aromatic carbocycles. The minimum Gasteiger partial charge on any atom is -0.485 e. The fourth-order valence-corrected chi connectivity index (χ4v) is 3.91. The number of rotatable bonds is 2. The van der Waals surface area contributed by atoms with E-state index in [1.807, 2.05) is 32.0 Å². The molecule has 2 atom stereocenters. The van der Waals surface area contributed by atoms with Gasteiger partial charge in [0.15, 0.2) is 0 Å². The number of amides is 2. The van der Waals surface area contributed by atoms with Crippen molar-refractivity contribution in [3.63, 3.8) is 0 Å². The van der Waals surface area contributed by atoms with Crippen molar-refractivity contribution in [2.24, 2.45) is 0 Å². The van der Waals surface area contributed by atoms with Crippen LogP contribution in [0.3, 0.4) is 0 Å². The van der Waals surface area contributed by atoms with Gasteiger partial charge in [0.2, 0.25) is 0 Å². The number of carbonyl (C=O) groups is 1. The third-order valence-electron chi connectivity index (χ3n) is 5.38. The monoisotopic (exact) mass is 370 g/mol. The standard InChI is InChI=1S/C21H23FN2O3/c1-21(2)19(10-13-8-14(22)6-7-18(13)27-21)24-20(26)23-17-5-3-4-12-9-15(25)11-16(12)17/h3-8,15,19,25H,9-11H2,1-2H3,(H2,23,24,26)/t15-,19?/m1/s1. The molecule has 2 amide bonds. The number of anilines is 1. The zero-order valence-electron chi connectivity index (χ0n) is 15.4. The summed E-state index contributed by atoms with van der Waals surface area (Å²) in [5.41, 5.74) is 2.86. The van der Waals surface area contributed by atoms with E-state index in [0.717, 1.165) is 16.7 Å². The summed E-state index contributed by atoms with van der Waals surface area (Å²) in [6.07, 6.45) is 1.23. The van der Waals surface area contributed by atoms with Crippen LogP contribution in [-0.4, -0.2) is 28.9 Å².